The number of amides is 1. The molecule has 0 saturated carbocycles. The lowest BCUT2D eigenvalue weighted by Crippen LogP contribution is -2.15. The predicted molar refractivity (Wildman–Crippen MR) is 108 cm³/mol. The monoisotopic (exact) mass is 403 g/mol. The van der Waals surface area contributed by atoms with Crippen LogP contribution in [0.25, 0.3) is 17.1 Å². The third-order valence-corrected chi connectivity index (χ3v) is 5.16. The van der Waals surface area contributed by atoms with Crippen molar-refractivity contribution >= 4 is 11.6 Å². The Kier molecular flexibility index (Phi) is 4.39. The third kappa shape index (κ3) is 3.16. The molecule has 0 saturated heterocycles. The third-order valence-electron chi connectivity index (χ3n) is 5.16. The summed E-state index contributed by atoms with van der Waals surface area (Å²) in [5, 5.41) is 11.5. The van der Waals surface area contributed by atoms with Crippen molar-refractivity contribution in [2.75, 3.05) is 5.32 Å². The number of carbonyl (C=O) groups excluding carboxylic acids is 1. The first-order valence-corrected chi connectivity index (χ1v) is 9.68. The van der Waals surface area contributed by atoms with Crippen LogP contribution in [0.2, 0.25) is 0 Å². The molecule has 0 unspecified atom stereocenters. The second-order valence-corrected chi connectivity index (χ2v) is 7.15. The number of halogens is 1. The molecule has 1 amide bonds. The van der Waals surface area contributed by atoms with Crippen LogP contribution in [-0.2, 0) is 12.8 Å². The average Bonchev–Trinajstić information content (AvgIpc) is 3.46. The van der Waals surface area contributed by atoms with Crippen LogP contribution >= 0.6 is 0 Å². The Bertz CT molecular complexity index is 1240. The van der Waals surface area contributed by atoms with Crippen molar-refractivity contribution in [1.29, 1.82) is 0 Å². The van der Waals surface area contributed by atoms with Crippen LogP contribution in [0.4, 0.5) is 10.1 Å². The summed E-state index contributed by atoms with van der Waals surface area (Å²) in [5.74, 6) is 0.239. The molecule has 1 aliphatic carbocycles. The van der Waals surface area contributed by atoms with Gasteiger partial charge >= 0.3 is 0 Å². The summed E-state index contributed by atoms with van der Waals surface area (Å²) in [6.45, 7) is 1.71. The highest BCUT2D eigenvalue weighted by molar-refractivity contribution is 6.06. The minimum atomic E-state index is -0.311. The molecule has 150 valence electrons. The van der Waals surface area contributed by atoms with E-state index in [2.05, 4.69) is 20.6 Å². The second kappa shape index (κ2) is 7.22. The summed E-state index contributed by atoms with van der Waals surface area (Å²) in [6.07, 6.45) is 2.56. The highest BCUT2D eigenvalue weighted by Crippen LogP contribution is 2.30. The largest absolute Gasteiger partial charge is 0.339 e. The quantitative estimate of drug-likeness (QED) is 0.554. The fraction of sp³-hybridized carbons (Fsp3) is 0.182. The number of hydrogen-bond acceptors (Lipinski definition) is 5. The molecule has 2 heterocycles. The fourth-order valence-electron chi connectivity index (χ4n) is 3.79. The van der Waals surface area contributed by atoms with Gasteiger partial charge < -0.3 is 9.84 Å². The van der Waals surface area contributed by atoms with Crippen molar-refractivity contribution in [3.8, 4) is 17.1 Å². The molecule has 7 nitrogen and oxygen atoms in total. The van der Waals surface area contributed by atoms with Gasteiger partial charge in [0.25, 0.3) is 5.91 Å². The molecule has 2 aromatic heterocycles. The Morgan fingerprint density at radius 1 is 1.13 bits per heavy atom. The number of fused-ring (bicyclic) bond motifs is 1. The van der Waals surface area contributed by atoms with Gasteiger partial charge in [-0.25, -0.2) is 9.07 Å². The van der Waals surface area contributed by atoms with E-state index in [9.17, 15) is 9.18 Å². The number of para-hydroxylation sites is 1. The highest BCUT2D eigenvalue weighted by atomic mass is 19.1. The molecular weight excluding hydrogens is 385 g/mol. The topological polar surface area (TPSA) is 85.8 Å². The van der Waals surface area contributed by atoms with Crippen molar-refractivity contribution < 1.29 is 13.7 Å². The number of aromatic nitrogens is 4. The van der Waals surface area contributed by atoms with Crippen molar-refractivity contribution in [2.45, 2.75) is 26.2 Å². The van der Waals surface area contributed by atoms with Gasteiger partial charge in [0.15, 0.2) is 5.69 Å². The van der Waals surface area contributed by atoms with E-state index in [0.717, 1.165) is 36.2 Å². The van der Waals surface area contributed by atoms with E-state index in [-0.39, 0.29) is 11.7 Å². The Morgan fingerprint density at radius 3 is 2.70 bits per heavy atom. The summed E-state index contributed by atoms with van der Waals surface area (Å²) >= 11 is 0. The van der Waals surface area contributed by atoms with Gasteiger partial charge in [-0.2, -0.15) is 10.1 Å². The Labute approximate surface area is 171 Å². The van der Waals surface area contributed by atoms with Gasteiger partial charge in [0.1, 0.15) is 5.82 Å². The van der Waals surface area contributed by atoms with E-state index in [1.165, 1.54) is 12.1 Å². The van der Waals surface area contributed by atoms with E-state index >= 15 is 0 Å². The maximum atomic E-state index is 13.3. The molecule has 1 N–H and O–H groups in total. The molecule has 1 aliphatic rings. The summed E-state index contributed by atoms with van der Waals surface area (Å²) < 4.78 is 20.1. The lowest BCUT2D eigenvalue weighted by molar-refractivity contribution is 0.102. The number of benzene rings is 2. The van der Waals surface area contributed by atoms with Crippen LogP contribution in [0.3, 0.4) is 0 Å². The minimum absolute atomic E-state index is 0.304. The molecular formula is C22H18FN5O2. The van der Waals surface area contributed by atoms with Gasteiger partial charge in [-0.1, -0.05) is 17.3 Å². The molecule has 0 radical (unpaired) electrons. The molecule has 2 aromatic carbocycles. The van der Waals surface area contributed by atoms with Crippen molar-refractivity contribution in [3.05, 3.63) is 77.2 Å². The average molecular weight is 403 g/mol. The molecule has 0 atom stereocenters. The second-order valence-electron chi connectivity index (χ2n) is 7.15. The van der Waals surface area contributed by atoms with Crippen LogP contribution in [0.5, 0.6) is 0 Å². The lowest BCUT2D eigenvalue weighted by atomic mass is 10.1. The Hall–Kier alpha value is -3.81. The number of nitrogens with one attached hydrogen (secondary N) is 1. The van der Waals surface area contributed by atoms with E-state index in [1.807, 2.05) is 18.2 Å². The van der Waals surface area contributed by atoms with Crippen LogP contribution in [0.15, 0.2) is 53.1 Å². The number of hydrogen-bond donors (Lipinski definition) is 1. The maximum absolute atomic E-state index is 13.3. The molecule has 30 heavy (non-hydrogen) atoms. The summed E-state index contributed by atoms with van der Waals surface area (Å²) in [6, 6.07) is 13.4. The number of nitrogens with zero attached hydrogens (tertiary/aromatic N) is 4. The molecule has 0 aliphatic heterocycles. The first-order chi connectivity index (χ1) is 14.6. The zero-order valence-electron chi connectivity index (χ0n) is 16.2. The van der Waals surface area contributed by atoms with Gasteiger partial charge in [-0.3, -0.25) is 4.79 Å². The van der Waals surface area contributed by atoms with Crippen LogP contribution in [0, 0.1) is 12.7 Å². The number of aryl methyl sites for hydroxylation is 1. The standard InChI is InChI=1S/C22H18FN5O2/c1-13-24-21(27-30-13)16-5-2-3-7-18(16)25-22(29)20-17-6-4-8-19(17)28(26-20)15-11-9-14(23)10-12-15/h2-3,5,7,9-12H,4,6,8H2,1H3,(H,25,29). The predicted octanol–water partition coefficient (Wildman–Crippen LogP) is 4.11. The van der Waals surface area contributed by atoms with Crippen LogP contribution in [-0.4, -0.2) is 25.8 Å². The van der Waals surface area contributed by atoms with E-state index in [1.54, 1.807) is 29.8 Å². The Balaban J connectivity index is 1.50. The summed E-state index contributed by atoms with van der Waals surface area (Å²) in [5.41, 5.74) is 4.28. The maximum Gasteiger partial charge on any atom is 0.276 e. The molecule has 8 heteroatoms. The van der Waals surface area contributed by atoms with Crippen LogP contribution < -0.4 is 5.32 Å². The SMILES string of the molecule is Cc1nc(-c2ccccc2NC(=O)c2nn(-c3ccc(F)cc3)c3c2CCC3)no1. The zero-order valence-corrected chi connectivity index (χ0v) is 16.2. The summed E-state index contributed by atoms with van der Waals surface area (Å²) in [7, 11) is 0. The van der Waals surface area contributed by atoms with Crippen molar-refractivity contribution in [3.63, 3.8) is 0 Å². The van der Waals surface area contributed by atoms with Gasteiger partial charge in [0.2, 0.25) is 11.7 Å². The molecule has 0 fully saturated rings. The number of rotatable bonds is 4. The van der Waals surface area contributed by atoms with Gasteiger partial charge in [0.05, 0.1) is 11.4 Å². The highest BCUT2D eigenvalue weighted by Gasteiger charge is 2.27. The fourth-order valence-corrected chi connectivity index (χ4v) is 3.79. The van der Waals surface area contributed by atoms with Crippen molar-refractivity contribution in [1.82, 2.24) is 19.9 Å². The smallest absolute Gasteiger partial charge is 0.276 e. The Morgan fingerprint density at radius 2 is 1.93 bits per heavy atom. The van der Waals surface area contributed by atoms with Gasteiger partial charge in [0, 0.05) is 23.7 Å². The first kappa shape index (κ1) is 18.2. The molecule has 0 bridgehead atoms. The molecule has 5 rings (SSSR count). The zero-order chi connectivity index (χ0) is 20.7. The molecule has 4 aromatic rings. The van der Waals surface area contributed by atoms with E-state index in [4.69, 9.17) is 4.52 Å². The van der Waals surface area contributed by atoms with E-state index in [0.29, 0.717) is 28.7 Å². The van der Waals surface area contributed by atoms with Crippen molar-refractivity contribution in [2.24, 2.45) is 0 Å². The van der Waals surface area contributed by atoms with E-state index < -0.39 is 0 Å². The lowest BCUT2D eigenvalue weighted by Gasteiger charge is -2.08. The first-order valence-electron chi connectivity index (χ1n) is 9.68. The minimum Gasteiger partial charge on any atom is -0.339 e. The number of carbonyl (C=O) groups is 1. The molecule has 0 spiro atoms. The van der Waals surface area contributed by atoms with Gasteiger partial charge in [-0.05, 0) is 55.7 Å². The number of anilines is 1. The van der Waals surface area contributed by atoms with Crippen LogP contribution in [0.1, 0.15) is 34.1 Å². The summed E-state index contributed by atoms with van der Waals surface area (Å²) in [4.78, 5) is 17.4. The van der Waals surface area contributed by atoms with Gasteiger partial charge in [-0.15, -0.1) is 0 Å². The normalized spacial score (nSPS) is 12.7.